The van der Waals surface area contributed by atoms with Gasteiger partial charge in [-0.15, -0.1) is 15.2 Å². The van der Waals surface area contributed by atoms with Gasteiger partial charge in [0.2, 0.25) is 0 Å². The number of aromatic nitrogens is 4. The Bertz CT molecular complexity index is 3230. The van der Waals surface area contributed by atoms with Gasteiger partial charge in [0.05, 0.1) is 23.5 Å². The summed E-state index contributed by atoms with van der Waals surface area (Å²) in [6.45, 7) is 3.66. The molecule has 0 bridgehead atoms. The number of aromatic hydroxyl groups is 1. The van der Waals surface area contributed by atoms with Gasteiger partial charge in [0, 0.05) is 17.1 Å². The maximum absolute atomic E-state index is 15.1. The fraction of sp³-hybridized carbons (Fsp3) is 0.0625. The van der Waals surface area contributed by atoms with Gasteiger partial charge in [-0.2, -0.15) is 33.7 Å². The molecule has 0 aliphatic rings. The van der Waals surface area contributed by atoms with Gasteiger partial charge >= 0.3 is 17.8 Å². The van der Waals surface area contributed by atoms with E-state index in [9.17, 15) is 61.4 Å². The number of phenols is 1. The van der Waals surface area contributed by atoms with Crippen molar-refractivity contribution in [1.82, 2.24) is 15.0 Å². The van der Waals surface area contributed by atoms with Gasteiger partial charge in [0.15, 0.2) is 21.4 Å². The van der Waals surface area contributed by atoms with E-state index < -0.39 is 99.6 Å². The summed E-state index contributed by atoms with van der Waals surface area (Å²) < 4.78 is 168. The molecule has 0 fully saturated rings. The third kappa shape index (κ3) is 8.95. The van der Waals surface area contributed by atoms with Crippen LogP contribution in [0, 0.1) is 25.5 Å². The zero-order valence-corrected chi connectivity index (χ0v) is 32.8. The highest BCUT2D eigenvalue weighted by atomic mass is 32.2. The van der Waals surface area contributed by atoms with E-state index in [0.717, 1.165) is 23.3 Å². The lowest BCUT2D eigenvalue weighted by molar-refractivity contribution is -0.603. The number of benzene rings is 4. The van der Waals surface area contributed by atoms with Crippen molar-refractivity contribution in [1.29, 1.82) is 0 Å². The van der Waals surface area contributed by atoms with Crippen molar-refractivity contribution in [3.05, 3.63) is 95.8 Å². The van der Waals surface area contributed by atoms with Gasteiger partial charge in [0.25, 0.3) is 40.5 Å². The van der Waals surface area contributed by atoms with E-state index >= 15 is 4.39 Å². The zero-order chi connectivity index (χ0) is 43.4. The normalized spacial score (nSPS) is 12.6. The summed E-state index contributed by atoms with van der Waals surface area (Å²) in [5.74, 6) is -6.54. The van der Waals surface area contributed by atoms with Crippen LogP contribution >= 0.6 is 0 Å². The highest BCUT2D eigenvalue weighted by molar-refractivity contribution is 7.87. The molecule has 0 saturated carbocycles. The molecule has 0 atom stereocenters. The number of fused-ring (bicyclic) bond motifs is 1. The maximum atomic E-state index is 15.1. The molecule has 0 unspecified atom stereocenters. The first-order valence-electron chi connectivity index (χ1n) is 15.8. The van der Waals surface area contributed by atoms with Gasteiger partial charge in [-0.3, -0.25) is 18.2 Å². The van der Waals surface area contributed by atoms with Gasteiger partial charge in [-0.1, -0.05) is 12.1 Å². The number of azo groups is 1. The number of nitrogens with zero attached hydrogens (tertiary/aromatic N) is 6. The largest absolute Gasteiger partial charge is 0.505 e. The Kier molecular flexibility index (Phi) is 10.9. The molecule has 4 aromatic carbocycles. The number of hydrogen-bond donors (Lipinski definition) is 7. The lowest BCUT2D eigenvalue weighted by Gasteiger charge is -2.15. The number of pyridine rings is 1. The molecule has 6 rings (SSSR count). The summed E-state index contributed by atoms with van der Waals surface area (Å²) in [5.41, 5.74) is -1.02. The summed E-state index contributed by atoms with van der Waals surface area (Å²) >= 11 is 0. The molecule has 21 nitrogen and oxygen atoms in total. The number of aryl methyl sites for hydroxylation is 2. The van der Waals surface area contributed by atoms with Gasteiger partial charge < -0.3 is 15.7 Å². The lowest BCUT2D eigenvalue weighted by atomic mass is 10.1. The molecular weight excluding hydrogens is 871 g/mol. The Morgan fingerprint density at radius 2 is 1.27 bits per heavy atom. The fourth-order valence-electron chi connectivity index (χ4n) is 5.49. The Labute approximate surface area is 331 Å². The number of nitrogens with one attached hydrogen (secondary N) is 2. The van der Waals surface area contributed by atoms with E-state index in [-0.39, 0.29) is 29.6 Å². The van der Waals surface area contributed by atoms with Crippen molar-refractivity contribution >= 4 is 85.9 Å². The average Bonchev–Trinajstić information content (AvgIpc) is 3.09. The standard InChI is InChI=1S/C32H24F2N8O13S4/c1-15-8-10-42(11-9-15)32-38-30(35-17-5-3-4-16(2)12-17)37-31(39-32)36-20-6-7-22(56(44,45)46)18-13-23(57(47,48)49)26(27(43)24(18)20)41-40-21-14-19(33)28(58(50,51)52)25(34)29(21)59(53,54)55/h3-14H,1-2H3,(H6-,35,36,37,38,39,40,43,44,45,46,47,48,49,50,51,52,53,54,55)/p+1. The molecule has 2 aromatic heterocycles. The topological polar surface area (TPSA) is 329 Å². The molecule has 6 aromatic rings. The summed E-state index contributed by atoms with van der Waals surface area (Å²) in [5, 5.41) is 22.3. The van der Waals surface area contributed by atoms with Crippen LogP contribution in [0.25, 0.3) is 16.7 Å². The first-order chi connectivity index (χ1) is 27.3. The summed E-state index contributed by atoms with van der Waals surface area (Å²) in [6, 6.07) is 12.5. The fourth-order valence-corrected chi connectivity index (χ4v) is 8.20. The number of anilines is 4. The molecule has 0 saturated heterocycles. The quantitative estimate of drug-likeness (QED) is 0.0522. The zero-order valence-electron chi connectivity index (χ0n) is 29.5. The van der Waals surface area contributed by atoms with Crippen LogP contribution in [0.4, 0.5) is 43.4 Å². The number of rotatable bonds is 11. The third-order valence-corrected chi connectivity index (χ3v) is 11.6. The smallest absolute Gasteiger partial charge is 0.444 e. The summed E-state index contributed by atoms with van der Waals surface area (Å²) in [4.78, 5) is 6.29. The third-order valence-electron chi connectivity index (χ3n) is 7.99. The first kappa shape index (κ1) is 42.4. The molecule has 308 valence electrons. The Balaban J connectivity index is 1.62. The first-order valence-corrected chi connectivity index (χ1v) is 21.6. The molecule has 27 heteroatoms. The second kappa shape index (κ2) is 15.2. The average molecular weight is 896 g/mol. The van der Waals surface area contributed by atoms with Crippen molar-refractivity contribution in [2.45, 2.75) is 33.4 Å². The van der Waals surface area contributed by atoms with Crippen molar-refractivity contribution in [3.63, 3.8) is 0 Å². The van der Waals surface area contributed by atoms with Gasteiger partial charge in [0.1, 0.15) is 27.0 Å². The predicted molar refractivity (Wildman–Crippen MR) is 199 cm³/mol. The highest BCUT2D eigenvalue weighted by Crippen LogP contribution is 2.47. The second-order valence-electron chi connectivity index (χ2n) is 12.2. The minimum atomic E-state index is -5.90. The molecule has 7 N–H and O–H groups in total. The molecular formula is C32H25F2N8O13S4+. The van der Waals surface area contributed by atoms with E-state index in [0.29, 0.717) is 11.8 Å². The second-order valence-corrected chi connectivity index (χ2v) is 17.7. The monoisotopic (exact) mass is 895 g/mol. The highest BCUT2D eigenvalue weighted by Gasteiger charge is 2.34. The van der Waals surface area contributed by atoms with Crippen LogP contribution < -0.4 is 15.2 Å². The van der Waals surface area contributed by atoms with Crippen LogP contribution in [0.1, 0.15) is 11.1 Å². The van der Waals surface area contributed by atoms with E-state index in [1.807, 2.05) is 19.9 Å². The van der Waals surface area contributed by atoms with E-state index in [1.165, 1.54) is 4.57 Å². The minimum Gasteiger partial charge on any atom is -0.505 e. The van der Waals surface area contributed by atoms with Crippen molar-refractivity contribution < 1.29 is 70.3 Å². The van der Waals surface area contributed by atoms with Crippen LogP contribution in [-0.4, -0.2) is 71.9 Å². The Morgan fingerprint density at radius 3 is 1.85 bits per heavy atom. The number of phenolic OH excluding ortho intramolecular Hbond substituents is 1. The maximum Gasteiger partial charge on any atom is 0.444 e. The van der Waals surface area contributed by atoms with Crippen LogP contribution in [0.2, 0.25) is 0 Å². The van der Waals surface area contributed by atoms with Gasteiger partial charge in [-0.25, -0.2) is 13.3 Å². The Hall–Kier alpha value is -6.20. The summed E-state index contributed by atoms with van der Waals surface area (Å²) in [7, 11) is -22.6. The minimum absolute atomic E-state index is 0.00185. The van der Waals surface area contributed by atoms with Crippen LogP contribution in [0.3, 0.4) is 0 Å². The lowest BCUT2D eigenvalue weighted by Crippen LogP contribution is -2.33. The predicted octanol–water partition coefficient (Wildman–Crippen LogP) is 4.79. The van der Waals surface area contributed by atoms with Crippen LogP contribution in [-0.2, 0) is 40.5 Å². The van der Waals surface area contributed by atoms with E-state index in [2.05, 4.69) is 35.8 Å². The molecule has 2 heterocycles. The van der Waals surface area contributed by atoms with Crippen LogP contribution in [0.15, 0.2) is 103 Å². The van der Waals surface area contributed by atoms with E-state index in [1.54, 1.807) is 42.7 Å². The van der Waals surface area contributed by atoms with Crippen molar-refractivity contribution in [2.24, 2.45) is 10.2 Å². The molecule has 0 radical (unpaired) electrons. The van der Waals surface area contributed by atoms with Crippen molar-refractivity contribution in [2.75, 3.05) is 10.6 Å². The van der Waals surface area contributed by atoms with E-state index in [4.69, 9.17) is 0 Å². The van der Waals surface area contributed by atoms with Crippen LogP contribution in [0.5, 0.6) is 5.75 Å². The molecule has 0 aliphatic carbocycles. The molecule has 0 spiro atoms. The molecule has 0 aliphatic heterocycles. The molecule has 0 amide bonds. The summed E-state index contributed by atoms with van der Waals surface area (Å²) in [6.07, 6.45) is 3.23. The molecule has 59 heavy (non-hydrogen) atoms. The SMILES string of the molecule is Cc1cc[n+](-c2nc(Nc3cccc(C)c3)nc(Nc3ccc(S(=O)(=O)O)c4cc(S(=O)(=O)O)c(N=Nc5cc(F)c(S(=O)(=O)O)c(F)c5S(=O)(=O)O)c(O)c34)n2)cc1. The van der Waals surface area contributed by atoms with Crippen molar-refractivity contribution in [3.8, 4) is 11.7 Å². The Morgan fingerprint density at radius 1 is 0.661 bits per heavy atom. The number of hydrogen-bond acceptors (Lipinski definition) is 16. The number of halogens is 2. The van der Waals surface area contributed by atoms with Gasteiger partial charge in [-0.05, 0) is 77.4 Å².